The van der Waals surface area contributed by atoms with E-state index in [0.29, 0.717) is 24.3 Å². The van der Waals surface area contributed by atoms with E-state index in [-0.39, 0.29) is 11.1 Å². The van der Waals surface area contributed by atoms with E-state index in [0.717, 1.165) is 0 Å². The molecule has 0 spiro atoms. The lowest BCUT2D eigenvalue weighted by Gasteiger charge is -1.98. The van der Waals surface area contributed by atoms with Crippen LogP contribution in [-0.2, 0) is 19.2 Å². The summed E-state index contributed by atoms with van der Waals surface area (Å²) in [6.45, 7) is 0. The molecule has 0 heterocycles. The van der Waals surface area contributed by atoms with E-state index in [2.05, 4.69) is 0 Å². The summed E-state index contributed by atoms with van der Waals surface area (Å²) in [6, 6.07) is 5.48. The van der Waals surface area contributed by atoms with Crippen molar-refractivity contribution in [3.05, 3.63) is 59.7 Å². The van der Waals surface area contributed by atoms with Gasteiger partial charge >= 0.3 is 35.8 Å². The van der Waals surface area contributed by atoms with Crippen LogP contribution in [0.2, 0.25) is 0 Å². The Kier molecular flexibility index (Phi) is 12.7. The zero-order valence-corrected chi connectivity index (χ0v) is 13.8. The van der Waals surface area contributed by atoms with Crippen molar-refractivity contribution in [1.29, 1.82) is 0 Å². The van der Waals surface area contributed by atoms with Gasteiger partial charge in [0, 0.05) is 24.3 Å². The van der Waals surface area contributed by atoms with Crippen molar-refractivity contribution in [2.75, 3.05) is 0 Å². The number of carboxylic acids is 6. The smallest absolute Gasteiger partial charge is 0.336 e. The second-order valence-electron chi connectivity index (χ2n) is 4.18. The minimum Gasteiger partial charge on any atom is -0.478 e. The van der Waals surface area contributed by atoms with Crippen LogP contribution in [0.1, 0.15) is 20.7 Å². The summed E-state index contributed by atoms with van der Waals surface area (Å²) >= 11 is 0. The van der Waals surface area contributed by atoms with Crippen LogP contribution in [0.25, 0.3) is 0 Å². The maximum atomic E-state index is 10.5. The highest BCUT2D eigenvalue weighted by Gasteiger charge is 2.13. The molecule has 0 aromatic heterocycles. The van der Waals surface area contributed by atoms with Gasteiger partial charge in [-0.05, 0) is 12.1 Å². The monoisotopic (exact) mass is 398 g/mol. The Morgan fingerprint density at radius 3 is 0.857 bits per heavy atom. The molecule has 150 valence electrons. The summed E-state index contributed by atoms with van der Waals surface area (Å²) < 4.78 is 0. The van der Waals surface area contributed by atoms with E-state index in [1.54, 1.807) is 0 Å². The number of aliphatic carboxylic acids is 4. The topological polar surface area (TPSA) is 224 Å². The molecule has 1 aromatic rings. The van der Waals surface area contributed by atoms with Crippen LogP contribution in [0.15, 0.2) is 48.6 Å². The van der Waals surface area contributed by atoms with Gasteiger partial charge in [-0.25, -0.2) is 28.8 Å². The summed E-state index contributed by atoms with van der Waals surface area (Å²) in [7, 11) is 0. The molecule has 0 unspecified atom stereocenters. The van der Waals surface area contributed by atoms with Gasteiger partial charge in [-0.1, -0.05) is 12.1 Å². The molecular weight excluding hydrogens is 384 g/mol. The predicted octanol–water partition coefficient (Wildman–Crippen LogP) is 0.507. The van der Waals surface area contributed by atoms with Gasteiger partial charge in [-0.2, -0.15) is 0 Å². The third kappa shape index (κ3) is 15.1. The van der Waals surface area contributed by atoms with E-state index in [9.17, 15) is 28.8 Å². The maximum absolute atomic E-state index is 10.5. The van der Waals surface area contributed by atoms with Crippen molar-refractivity contribution in [2.24, 2.45) is 0 Å². The Bertz CT molecular complexity index is 705. The van der Waals surface area contributed by atoms with Gasteiger partial charge in [0.15, 0.2) is 0 Å². The summed E-state index contributed by atoms with van der Waals surface area (Å²) in [5.74, 6) is -7.49. The Labute approximate surface area is 155 Å². The van der Waals surface area contributed by atoms with Crippen molar-refractivity contribution in [2.45, 2.75) is 0 Å². The molecule has 1 rings (SSSR count). The van der Waals surface area contributed by atoms with Crippen LogP contribution in [0.4, 0.5) is 0 Å². The molecule has 12 heteroatoms. The second-order valence-corrected chi connectivity index (χ2v) is 4.18. The molecule has 0 amide bonds. The Morgan fingerprint density at radius 2 is 0.714 bits per heavy atom. The first-order valence-corrected chi connectivity index (χ1v) is 6.72. The van der Waals surface area contributed by atoms with Gasteiger partial charge < -0.3 is 30.6 Å². The summed E-state index contributed by atoms with van der Waals surface area (Å²) in [5.41, 5.74) is -0.380. The Morgan fingerprint density at radius 1 is 0.500 bits per heavy atom. The highest BCUT2D eigenvalue weighted by molar-refractivity contribution is 6.01. The number of carbonyl (C=O) groups is 6. The first kappa shape index (κ1) is 25.8. The van der Waals surface area contributed by atoms with Crippen molar-refractivity contribution in [3.63, 3.8) is 0 Å². The molecule has 0 fully saturated rings. The zero-order chi connectivity index (χ0) is 22.3. The SMILES string of the molecule is O=C(O)/C=C/C(=O)O.O=C(O)/C=C\C(=O)O.O=C(O)c1ccccc1C(=O)O. The molecular formula is C16H14O12. The molecule has 0 saturated heterocycles. The van der Waals surface area contributed by atoms with Crippen molar-refractivity contribution >= 4 is 35.8 Å². The van der Waals surface area contributed by atoms with Crippen LogP contribution in [0, 0.1) is 0 Å². The molecule has 1 aromatic carbocycles. The summed E-state index contributed by atoms with van der Waals surface area (Å²) in [6.07, 6.45) is 2.23. The molecule has 0 atom stereocenters. The van der Waals surface area contributed by atoms with Crippen LogP contribution in [-0.4, -0.2) is 66.5 Å². The third-order valence-electron chi connectivity index (χ3n) is 2.12. The highest BCUT2D eigenvalue weighted by Crippen LogP contribution is 2.07. The van der Waals surface area contributed by atoms with E-state index in [1.807, 2.05) is 0 Å². The number of aromatic carboxylic acids is 2. The van der Waals surface area contributed by atoms with Gasteiger partial charge in [0.2, 0.25) is 0 Å². The average Bonchev–Trinajstić information content (AvgIpc) is 2.59. The zero-order valence-electron chi connectivity index (χ0n) is 13.8. The molecule has 0 radical (unpaired) electrons. The second kappa shape index (κ2) is 13.8. The number of rotatable bonds is 6. The van der Waals surface area contributed by atoms with Gasteiger partial charge in [-0.15, -0.1) is 0 Å². The fourth-order valence-electron chi connectivity index (χ4n) is 1.14. The molecule has 0 bridgehead atoms. The summed E-state index contributed by atoms with van der Waals surface area (Å²) in [5, 5.41) is 48.4. The number of benzene rings is 1. The predicted molar refractivity (Wildman–Crippen MR) is 89.2 cm³/mol. The number of hydrogen-bond acceptors (Lipinski definition) is 6. The molecule has 6 N–H and O–H groups in total. The molecule has 0 saturated carbocycles. The third-order valence-corrected chi connectivity index (χ3v) is 2.12. The number of carboxylic acid groups (broad SMARTS) is 6. The highest BCUT2D eigenvalue weighted by atomic mass is 16.4. The summed E-state index contributed by atoms with van der Waals surface area (Å²) in [4.78, 5) is 59.1. The number of hydrogen-bond donors (Lipinski definition) is 6. The van der Waals surface area contributed by atoms with E-state index in [1.165, 1.54) is 24.3 Å². The molecule has 0 aliphatic heterocycles. The van der Waals surface area contributed by atoms with Crippen LogP contribution < -0.4 is 0 Å². The molecule has 0 aliphatic carbocycles. The Hall–Kier alpha value is -4.48. The van der Waals surface area contributed by atoms with Crippen molar-refractivity contribution in [1.82, 2.24) is 0 Å². The quantitative estimate of drug-likeness (QED) is 0.360. The fourth-order valence-corrected chi connectivity index (χ4v) is 1.14. The largest absolute Gasteiger partial charge is 0.478 e. The minimum absolute atomic E-state index is 0.190. The van der Waals surface area contributed by atoms with Crippen LogP contribution in [0.5, 0.6) is 0 Å². The molecule has 12 nitrogen and oxygen atoms in total. The van der Waals surface area contributed by atoms with Gasteiger partial charge in [-0.3, -0.25) is 0 Å². The first-order chi connectivity index (χ1) is 12.9. The van der Waals surface area contributed by atoms with Crippen molar-refractivity contribution < 1.29 is 59.4 Å². The van der Waals surface area contributed by atoms with Gasteiger partial charge in [0.05, 0.1) is 11.1 Å². The fraction of sp³-hybridized carbons (Fsp3) is 0. The first-order valence-electron chi connectivity index (χ1n) is 6.72. The average molecular weight is 398 g/mol. The lowest BCUT2D eigenvalue weighted by molar-refractivity contribution is -0.134. The van der Waals surface area contributed by atoms with E-state index < -0.39 is 35.8 Å². The lowest BCUT2D eigenvalue weighted by atomic mass is 10.1. The Balaban J connectivity index is 0. The van der Waals surface area contributed by atoms with Crippen molar-refractivity contribution in [3.8, 4) is 0 Å². The van der Waals surface area contributed by atoms with Crippen LogP contribution in [0.3, 0.4) is 0 Å². The minimum atomic E-state index is -1.26. The lowest BCUT2D eigenvalue weighted by Crippen LogP contribution is -2.06. The molecule has 28 heavy (non-hydrogen) atoms. The van der Waals surface area contributed by atoms with Gasteiger partial charge in [0.25, 0.3) is 0 Å². The molecule has 0 aliphatic rings. The normalized spacial score (nSPS) is 9.43. The van der Waals surface area contributed by atoms with E-state index in [4.69, 9.17) is 30.6 Å². The van der Waals surface area contributed by atoms with Gasteiger partial charge in [0.1, 0.15) is 0 Å². The standard InChI is InChI=1S/C8H6O4.2C4H4O4/c9-7(10)5-3-1-2-4-6(5)8(11)12;2*5-3(6)1-2-4(7)8/h1-4H,(H,9,10)(H,11,12);2*1-2H,(H,5,6)(H,7,8)/b;2-1+;2-1-. The van der Waals surface area contributed by atoms with Crippen LogP contribution >= 0.6 is 0 Å². The maximum Gasteiger partial charge on any atom is 0.336 e. The van der Waals surface area contributed by atoms with E-state index >= 15 is 0 Å².